The van der Waals surface area contributed by atoms with Crippen molar-refractivity contribution in [3.05, 3.63) is 65.2 Å². The second kappa shape index (κ2) is 4.88. The molecule has 1 N–H and O–H groups in total. The van der Waals surface area contributed by atoms with Crippen molar-refractivity contribution in [3.8, 4) is 5.75 Å². The minimum Gasteiger partial charge on any atom is -0.490 e. The molecular formula is C19H21NO. The van der Waals surface area contributed by atoms with E-state index in [9.17, 15) is 0 Å². The molecule has 1 unspecified atom stereocenters. The summed E-state index contributed by atoms with van der Waals surface area (Å²) >= 11 is 0. The Kier molecular flexibility index (Phi) is 3.00. The van der Waals surface area contributed by atoms with Gasteiger partial charge in [0.25, 0.3) is 0 Å². The van der Waals surface area contributed by atoms with Crippen LogP contribution in [0.2, 0.25) is 0 Å². The van der Waals surface area contributed by atoms with Crippen LogP contribution in [0.4, 0.5) is 0 Å². The predicted octanol–water partition coefficient (Wildman–Crippen LogP) is 3.23. The van der Waals surface area contributed by atoms with E-state index in [-0.39, 0.29) is 5.41 Å². The molecule has 1 saturated heterocycles. The van der Waals surface area contributed by atoms with Gasteiger partial charge in [0.1, 0.15) is 11.9 Å². The van der Waals surface area contributed by atoms with Crippen molar-refractivity contribution in [1.29, 1.82) is 0 Å². The monoisotopic (exact) mass is 279 g/mol. The highest BCUT2D eigenvalue weighted by atomic mass is 16.5. The first-order valence-electron chi connectivity index (χ1n) is 7.78. The highest BCUT2D eigenvalue weighted by Gasteiger charge is 2.43. The van der Waals surface area contributed by atoms with Gasteiger partial charge < -0.3 is 10.1 Å². The maximum Gasteiger partial charge on any atom is 0.123 e. The number of fused-ring (bicyclic) bond motifs is 1. The van der Waals surface area contributed by atoms with Crippen LogP contribution in [0.5, 0.6) is 5.75 Å². The molecule has 2 aromatic carbocycles. The van der Waals surface area contributed by atoms with E-state index in [0.717, 1.165) is 31.7 Å². The van der Waals surface area contributed by atoms with Crippen molar-refractivity contribution in [2.24, 2.45) is 0 Å². The smallest absolute Gasteiger partial charge is 0.123 e. The van der Waals surface area contributed by atoms with E-state index < -0.39 is 0 Å². The van der Waals surface area contributed by atoms with Gasteiger partial charge in [-0.25, -0.2) is 0 Å². The highest BCUT2D eigenvalue weighted by Crippen LogP contribution is 2.39. The van der Waals surface area contributed by atoms with E-state index in [0.29, 0.717) is 6.10 Å². The quantitative estimate of drug-likeness (QED) is 0.931. The molecule has 1 fully saturated rings. The van der Waals surface area contributed by atoms with Gasteiger partial charge in [0, 0.05) is 24.9 Å². The third kappa shape index (κ3) is 2.14. The minimum absolute atomic E-state index is 0.248. The first-order valence-corrected chi connectivity index (χ1v) is 7.78. The van der Waals surface area contributed by atoms with Crippen LogP contribution in [0.25, 0.3) is 0 Å². The molecule has 0 amide bonds. The Hall–Kier alpha value is -1.80. The number of nitrogens with one attached hydrogen (secondary N) is 1. The molecule has 0 spiro atoms. The molecule has 2 aliphatic rings. The van der Waals surface area contributed by atoms with Gasteiger partial charge in [-0.15, -0.1) is 0 Å². The summed E-state index contributed by atoms with van der Waals surface area (Å²) in [4.78, 5) is 0. The molecule has 2 aromatic rings. The lowest BCUT2D eigenvalue weighted by Gasteiger charge is -2.45. The maximum absolute atomic E-state index is 6.17. The van der Waals surface area contributed by atoms with Crippen LogP contribution in [0.15, 0.2) is 48.5 Å². The zero-order valence-corrected chi connectivity index (χ0v) is 12.4. The van der Waals surface area contributed by atoms with Gasteiger partial charge in [0.15, 0.2) is 0 Å². The summed E-state index contributed by atoms with van der Waals surface area (Å²) in [5.74, 6) is 1.08. The molecule has 0 aromatic heterocycles. The molecule has 0 radical (unpaired) electrons. The van der Waals surface area contributed by atoms with Crippen molar-refractivity contribution < 1.29 is 4.74 Å². The zero-order valence-electron chi connectivity index (χ0n) is 12.4. The molecule has 1 atom stereocenters. The summed E-state index contributed by atoms with van der Waals surface area (Å²) in [6.07, 6.45) is 2.45. The Morgan fingerprint density at radius 1 is 1.10 bits per heavy atom. The van der Waals surface area contributed by atoms with Crippen molar-refractivity contribution in [1.82, 2.24) is 5.32 Å². The molecular weight excluding hydrogens is 258 g/mol. The Morgan fingerprint density at radius 3 is 2.57 bits per heavy atom. The van der Waals surface area contributed by atoms with Crippen LogP contribution in [0.3, 0.4) is 0 Å². The summed E-state index contributed by atoms with van der Waals surface area (Å²) in [6.45, 7) is 4.35. The van der Waals surface area contributed by atoms with E-state index in [2.05, 4.69) is 60.8 Å². The lowest BCUT2D eigenvalue weighted by molar-refractivity contribution is 0.142. The van der Waals surface area contributed by atoms with Gasteiger partial charge in [-0.3, -0.25) is 0 Å². The Labute approximate surface area is 126 Å². The average molecular weight is 279 g/mol. The number of aryl methyl sites for hydroxylation is 1. The standard InChI is InChI=1S/C19H21NO/c1-14-6-2-4-8-17(14)19(12-20-13-19)11-16-10-15-7-3-5-9-18(15)21-16/h2-9,16,20H,10-13H2,1H3. The van der Waals surface area contributed by atoms with Crippen LogP contribution >= 0.6 is 0 Å². The molecule has 2 nitrogen and oxygen atoms in total. The van der Waals surface area contributed by atoms with Crippen LogP contribution < -0.4 is 10.1 Å². The third-order valence-corrected chi connectivity index (χ3v) is 4.98. The molecule has 21 heavy (non-hydrogen) atoms. The predicted molar refractivity (Wildman–Crippen MR) is 84.9 cm³/mol. The fraction of sp³-hybridized carbons (Fsp3) is 0.368. The molecule has 2 aliphatic heterocycles. The highest BCUT2D eigenvalue weighted by molar-refractivity contribution is 5.40. The maximum atomic E-state index is 6.17. The van der Waals surface area contributed by atoms with E-state index >= 15 is 0 Å². The molecule has 2 heteroatoms. The molecule has 0 aliphatic carbocycles. The lowest BCUT2D eigenvalue weighted by Crippen LogP contribution is -2.58. The van der Waals surface area contributed by atoms with Gasteiger partial charge in [-0.2, -0.15) is 0 Å². The molecule has 2 heterocycles. The Balaban J connectivity index is 1.58. The van der Waals surface area contributed by atoms with Gasteiger partial charge in [0.2, 0.25) is 0 Å². The van der Waals surface area contributed by atoms with Gasteiger partial charge in [0.05, 0.1) is 0 Å². The van der Waals surface area contributed by atoms with E-state index in [1.807, 2.05) is 0 Å². The van der Waals surface area contributed by atoms with Crippen molar-refractivity contribution in [3.63, 3.8) is 0 Å². The Morgan fingerprint density at radius 2 is 1.86 bits per heavy atom. The first kappa shape index (κ1) is 12.9. The molecule has 4 rings (SSSR count). The van der Waals surface area contributed by atoms with Crippen molar-refractivity contribution in [2.45, 2.75) is 31.3 Å². The van der Waals surface area contributed by atoms with Crippen LogP contribution in [-0.2, 0) is 11.8 Å². The summed E-state index contributed by atoms with van der Waals surface area (Å²) in [7, 11) is 0. The number of hydrogen-bond acceptors (Lipinski definition) is 2. The summed E-state index contributed by atoms with van der Waals surface area (Å²) in [5, 5.41) is 3.47. The summed E-state index contributed by atoms with van der Waals surface area (Å²) in [6, 6.07) is 17.2. The number of benzene rings is 2. The minimum atomic E-state index is 0.248. The number of rotatable bonds is 3. The number of ether oxygens (including phenoxy) is 1. The topological polar surface area (TPSA) is 21.3 Å². The van der Waals surface area contributed by atoms with Crippen LogP contribution in [-0.4, -0.2) is 19.2 Å². The SMILES string of the molecule is Cc1ccccc1C1(CC2Cc3ccccc3O2)CNC1. The van der Waals surface area contributed by atoms with E-state index in [1.165, 1.54) is 16.7 Å². The van der Waals surface area contributed by atoms with Crippen molar-refractivity contribution in [2.75, 3.05) is 13.1 Å². The van der Waals surface area contributed by atoms with E-state index in [1.54, 1.807) is 0 Å². The fourth-order valence-corrected chi connectivity index (χ4v) is 3.84. The average Bonchev–Trinajstić information content (AvgIpc) is 2.86. The summed E-state index contributed by atoms with van der Waals surface area (Å²) < 4.78 is 6.17. The van der Waals surface area contributed by atoms with Gasteiger partial charge >= 0.3 is 0 Å². The van der Waals surface area contributed by atoms with Crippen LogP contribution in [0, 0.1) is 6.92 Å². The molecule has 0 bridgehead atoms. The Bertz CT molecular complexity index is 635. The van der Waals surface area contributed by atoms with Crippen molar-refractivity contribution >= 4 is 0 Å². The fourth-order valence-electron chi connectivity index (χ4n) is 3.84. The number of hydrogen-bond donors (Lipinski definition) is 1. The largest absolute Gasteiger partial charge is 0.490 e. The normalized spacial score (nSPS) is 22.2. The van der Waals surface area contributed by atoms with Crippen LogP contribution in [0.1, 0.15) is 23.1 Å². The van der Waals surface area contributed by atoms with Gasteiger partial charge in [-0.05, 0) is 36.1 Å². The zero-order chi connectivity index (χ0) is 14.3. The molecule has 108 valence electrons. The second-order valence-corrected chi connectivity index (χ2v) is 6.45. The lowest BCUT2D eigenvalue weighted by atomic mass is 9.69. The molecule has 0 saturated carbocycles. The number of para-hydroxylation sites is 1. The third-order valence-electron chi connectivity index (χ3n) is 4.98. The summed E-state index contributed by atoms with van der Waals surface area (Å²) in [5.41, 5.74) is 4.49. The second-order valence-electron chi connectivity index (χ2n) is 6.45. The van der Waals surface area contributed by atoms with E-state index in [4.69, 9.17) is 4.74 Å². The first-order chi connectivity index (χ1) is 10.3. The van der Waals surface area contributed by atoms with Gasteiger partial charge in [-0.1, -0.05) is 42.5 Å².